The van der Waals surface area contributed by atoms with E-state index in [1.165, 1.54) is 11.3 Å². The summed E-state index contributed by atoms with van der Waals surface area (Å²) in [6.07, 6.45) is 3.82. The third-order valence-corrected chi connectivity index (χ3v) is 9.85. The molecule has 10 heteroatoms. The quantitative estimate of drug-likeness (QED) is 0.114. The van der Waals surface area contributed by atoms with Crippen LogP contribution in [-0.4, -0.2) is 30.5 Å². The second-order valence-electron chi connectivity index (χ2n) is 10.5. The largest absolute Gasteiger partial charge is 0.493 e. The van der Waals surface area contributed by atoms with Crippen LogP contribution in [0.15, 0.2) is 122 Å². The van der Waals surface area contributed by atoms with Crippen LogP contribution in [0.4, 0.5) is 0 Å². The molecule has 1 aliphatic heterocycles. The minimum absolute atomic E-state index is 0.192. The summed E-state index contributed by atoms with van der Waals surface area (Å²) in [4.78, 5) is 34.4. The van der Waals surface area contributed by atoms with Gasteiger partial charge in [-0.2, -0.15) is 0 Å². The molecule has 0 fully saturated rings. The van der Waals surface area contributed by atoms with E-state index in [4.69, 9.17) is 19.2 Å². The van der Waals surface area contributed by atoms with Crippen molar-refractivity contribution in [2.24, 2.45) is 4.99 Å². The van der Waals surface area contributed by atoms with Crippen molar-refractivity contribution >= 4 is 56.8 Å². The highest BCUT2D eigenvalue weighted by atomic mass is 79.9. The molecule has 0 amide bonds. The number of rotatable bonds is 10. The Balaban J connectivity index is 1.46. The van der Waals surface area contributed by atoms with Gasteiger partial charge < -0.3 is 14.2 Å². The molecule has 0 bridgehead atoms. The van der Waals surface area contributed by atoms with Crippen molar-refractivity contribution in [1.82, 2.24) is 4.57 Å². The third kappa shape index (κ3) is 7.00. The van der Waals surface area contributed by atoms with Crippen LogP contribution < -0.4 is 24.4 Å². The van der Waals surface area contributed by atoms with E-state index >= 15 is 0 Å². The van der Waals surface area contributed by atoms with Gasteiger partial charge in [-0.15, -0.1) is 11.8 Å². The van der Waals surface area contributed by atoms with Crippen molar-refractivity contribution in [2.75, 3.05) is 20.0 Å². The van der Waals surface area contributed by atoms with E-state index in [0.717, 1.165) is 31.6 Å². The number of esters is 1. The standard InChI is InChI=1S/C37H31BrN2O5S2/c1-4-44-36(42)32-33(25-8-6-5-7-9-25)39-37-40(34(32)26-13-17-28(46-3)18-14-26)35(41)31(47-37)21-24-12-19-29(30(20-24)43-2)45-22-23-10-15-27(38)16-11-23/h5-21,34H,4,22H2,1-3H3/b31-21-/t34-/m0/s1. The van der Waals surface area contributed by atoms with Crippen LogP contribution in [-0.2, 0) is 16.1 Å². The summed E-state index contributed by atoms with van der Waals surface area (Å²) in [6, 6.07) is 30.2. The van der Waals surface area contributed by atoms with Crippen LogP contribution in [0.5, 0.6) is 11.5 Å². The number of halogens is 1. The number of benzene rings is 4. The van der Waals surface area contributed by atoms with Crippen LogP contribution >= 0.6 is 39.0 Å². The topological polar surface area (TPSA) is 79.1 Å². The van der Waals surface area contributed by atoms with Crippen molar-refractivity contribution in [3.05, 3.63) is 149 Å². The fourth-order valence-corrected chi connectivity index (χ4v) is 7.00. The summed E-state index contributed by atoms with van der Waals surface area (Å²) in [5, 5.41) is 0. The average molecular weight is 728 g/mol. The fourth-order valence-electron chi connectivity index (χ4n) is 5.33. The van der Waals surface area contributed by atoms with Crippen LogP contribution in [0.2, 0.25) is 0 Å². The number of aromatic nitrogens is 1. The SMILES string of the molecule is CCOC(=O)C1=C(c2ccccc2)N=c2s/c(=C\c3ccc(OCc4ccc(Br)cc4)c(OC)c3)c(=O)n2[C@H]1c1ccc(SC)cc1. The summed E-state index contributed by atoms with van der Waals surface area (Å²) >= 11 is 6.35. The number of carbonyl (C=O) groups excluding carboxylic acids is 1. The molecule has 47 heavy (non-hydrogen) atoms. The number of fused-ring (bicyclic) bond motifs is 1. The zero-order chi connectivity index (χ0) is 32.9. The number of nitrogens with zero attached hydrogens (tertiary/aromatic N) is 2. The van der Waals surface area contributed by atoms with E-state index in [1.807, 2.05) is 109 Å². The average Bonchev–Trinajstić information content (AvgIpc) is 3.41. The Kier molecular flexibility index (Phi) is 10.1. The van der Waals surface area contributed by atoms with Gasteiger partial charge in [0, 0.05) is 14.9 Å². The van der Waals surface area contributed by atoms with Gasteiger partial charge in [-0.3, -0.25) is 9.36 Å². The maximum absolute atomic E-state index is 14.2. The zero-order valence-corrected chi connectivity index (χ0v) is 29.2. The normalized spacial score (nSPS) is 14.4. The predicted octanol–water partition coefficient (Wildman–Crippen LogP) is 7.01. The molecule has 0 radical (unpaired) electrons. The molecule has 0 saturated heterocycles. The molecule has 0 N–H and O–H groups in total. The highest BCUT2D eigenvalue weighted by molar-refractivity contribution is 9.10. The summed E-state index contributed by atoms with van der Waals surface area (Å²) in [7, 11) is 1.59. The van der Waals surface area contributed by atoms with Gasteiger partial charge in [0.25, 0.3) is 5.56 Å². The first-order valence-corrected chi connectivity index (χ1v) is 17.7. The highest BCUT2D eigenvalue weighted by Crippen LogP contribution is 2.36. The van der Waals surface area contributed by atoms with E-state index in [-0.39, 0.29) is 12.2 Å². The van der Waals surface area contributed by atoms with E-state index in [1.54, 1.807) is 30.4 Å². The Morgan fingerprint density at radius 1 is 1.00 bits per heavy atom. The molecule has 2 heterocycles. The molecule has 5 aromatic rings. The Labute approximate surface area is 289 Å². The molecule has 1 aliphatic rings. The van der Waals surface area contributed by atoms with Gasteiger partial charge in [-0.25, -0.2) is 9.79 Å². The molecular formula is C37H31BrN2O5S2. The van der Waals surface area contributed by atoms with Crippen LogP contribution in [0.25, 0.3) is 11.8 Å². The lowest BCUT2D eigenvalue weighted by Crippen LogP contribution is -2.40. The first kappa shape index (κ1) is 32.6. The second-order valence-corrected chi connectivity index (χ2v) is 13.3. The fraction of sp³-hybridized carbons (Fsp3) is 0.162. The molecule has 0 aliphatic carbocycles. The molecule has 238 valence electrons. The van der Waals surface area contributed by atoms with E-state index in [0.29, 0.717) is 38.7 Å². The Morgan fingerprint density at radius 3 is 2.43 bits per heavy atom. The van der Waals surface area contributed by atoms with Gasteiger partial charge in [0.05, 0.1) is 35.6 Å². The first-order valence-electron chi connectivity index (χ1n) is 14.9. The molecule has 1 atom stereocenters. The summed E-state index contributed by atoms with van der Waals surface area (Å²) < 4.78 is 20.4. The van der Waals surface area contributed by atoms with Gasteiger partial charge in [-0.1, -0.05) is 87.9 Å². The molecule has 0 saturated carbocycles. The molecule has 0 spiro atoms. The van der Waals surface area contributed by atoms with Crippen LogP contribution in [0, 0.1) is 0 Å². The first-order chi connectivity index (χ1) is 22.9. The number of hydrogen-bond acceptors (Lipinski definition) is 8. The zero-order valence-electron chi connectivity index (χ0n) is 25.9. The third-order valence-electron chi connectivity index (χ3n) is 7.60. The molecule has 6 rings (SSSR count). The van der Waals surface area contributed by atoms with Crippen molar-refractivity contribution in [3.8, 4) is 11.5 Å². The Bertz CT molecular complexity index is 2120. The van der Waals surface area contributed by atoms with Gasteiger partial charge in [0.15, 0.2) is 16.3 Å². The molecule has 1 aromatic heterocycles. The van der Waals surface area contributed by atoms with Gasteiger partial charge in [0.2, 0.25) is 0 Å². The van der Waals surface area contributed by atoms with Crippen molar-refractivity contribution in [1.29, 1.82) is 0 Å². The minimum Gasteiger partial charge on any atom is -0.493 e. The maximum atomic E-state index is 14.2. The van der Waals surface area contributed by atoms with Gasteiger partial charge in [0.1, 0.15) is 6.61 Å². The number of hydrogen-bond donors (Lipinski definition) is 0. The molecule has 4 aromatic carbocycles. The number of thioether (sulfide) groups is 1. The number of carbonyl (C=O) groups is 1. The van der Waals surface area contributed by atoms with Crippen LogP contribution in [0.3, 0.4) is 0 Å². The molecule has 0 unspecified atom stereocenters. The molecular weight excluding hydrogens is 696 g/mol. The monoisotopic (exact) mass is 726 g/mol. The van der Waals surface area contributed by atoms with Crippen LogP contribution in [0.1, 0.15) is 35.2 Å². The lowest BCUT2D eigenvalue weighted by molar-refractivity contribution is -0.138. The number of ether oxygens (including phenoxy) is 3. The highest BCUT2D eigenvalue weighted by Gasteiger charge is 2.35. The van der Waals surface area contributed by atoms with E-state index in [9.17, 15) is 9.59 Å². The summed E-state index contributed by atoms with van der Waals surface area (Å²) in [5.74, 6) is 0.632. The molecule has 7 nitrogen and oxygen atoms in total. The lowest BCUT2D eigenvalue weighted by atomic mass is 9.93. The smallest absolute Gasteiger partial charge is 0.338 e. The lowest BCUT2D eigenvalue weighted by Gasteiger charge is -2.26. The maximum Gasteiger partial charge on any atom is 0.338 e. The van der Waals surface area contributed by atoms with E-state index in [2.05, 4.69) is 15.9 Å². The number of thiazole rings is 1. The number of methoxy groups -OCH3 is 1. The van der Waals surface area contributed by atoms with Crippen molar-refractivity contribution in [3.63, 3.8) is 0 Å². The minimum atomic E-state index is -0.734. The van der Waals surface area contributed by atoms with Crippen molar-refractivity contribution in [2.45, 2.75) is 24.5 Å². The summed E-state index contributed by atoms with van der Waals surface area (Å²) in [6.45, 7) is 2.34. The van der Waals surface area contributed by atoms with Gasteiger partial charge in [-0.05, 0) is 72.3 Å². The van der Waals surface area contributed by atoms with E-state index < -0.39 is 12.0 Å². The Morgan fingerprint density at radius 2 is 1.74 bits per heavy atom. The Hall–Kier alpha value is -4.38. The predicted molar refractivity (Wildman–Crippen MR) is 191 cm³/mol. The van der Waals surface area contributed by atoms with Crippen molar-refractivity contribution < 1.29 is 19.0 Å². The summed E-state index contributed by atoms with van der Waals surface area (Å²) in [5.41, 5.74) is 3.90. The second kappa shape index (κ2) is 14.6. The van der Waals surface area contributed by atoms with Gasteiger partial charge >= 0.3 is 5.97 Å².